The van der Waals surface area contributed by atoms with Crippen molar-refractivity contribution in [3.63, 3.8) is 0 Å². The Hall–Kier alpha value is -1.10. The van der Waals surface area contributed by atoms with Gasteiger partial charge in [0.2, 0.25) is 0 Å². The standard InChI is InChI=1S/C27H44O5/c1-16(6-11-24(30)31-5)21-9-10-22-20-8-7-18-14-19(32-17(2)28)12-13-26(18,3)25(20)23(29)15-27(21,22)4/h16,18-23,25,29H,6-15H2,1-5H3/t16-,18-,19+,20-,21+,22-,23-,25+,26-,27+/m0/s1. The van der Waals surface area contributed by atoms with Crippen molar-refractivity contribution >= 4 is 11.9 Å². The van der Waals surface area contributed by atoms with E-state index >= 15 is 0 Å². The van der Waals surface area contributed by atoms with Crippen LogP contribution >= 0.6 is 0 Å². The summed E-state index contributed by atoms with van der Waals surface area (Å²) in [4.78, 5) is 23.2. The molecule has 0 saturated heterocycles. The van der Waals surface area contributed by atoms with Crippen LogP contribution in [0.5, 0.6) is 0 Å². The van der Waals surface area contributed by atoms with Crippen LogP contribution in [0.3, 0.4) is 0 Å². The molecule has 182 valence electrons. The van der Waals surface area contributed by atoms with Crippen molar-refractivity contribution in [2.75, 3.05) is 7.11 Å². The molecule has 1 N–H and O–H groups in total. The summed E-state index contributed by atoms with van der Waals surface area (Å²) < 4.78 is 10.5. The molecular formula is C27H44O5. The second-order valence-electron chi connectivity index (χ2n) is 12.1. The Morgan fingerprint density at radius 1 is 1.09 bits per heavy atom. The van der Waals surface area contributed by atoms with E-state index in [9.17, 15) is 14.7 Å². The molecule has 0 aromatic heterocycles. The molecular weight excluding hydrogens is 404 g/mol. The molecule has 0 aliphatic heterocycles. The lowest BCUT2D eigenvalue weighted by Gasteiger charge is -2.62. The molecule has 0 amide bonds. The lowest BCUT2D eigenvalue weighted by Crippen LogP contribution is -2.59. The average Bonchev–Trinajstić information content (AvgIpc) is 3.07. The van der Waals surface area contributed by atoms with Crippen LogP contribution in [0.15, 0.2) is 0 Å². The van der Waals surface area contributed by atoms with E-state index in [0.29, 0.717) is 41.9 Å². The van der Waals surface area contributed by atoms with E-state index in [0.717, 1.165) is 32.1 Å². The van der Waals surface area contributed by atoms with Gasteiger partial charge >= 0.3 is 11.9 Å². The summed E-state index contributed by atoms with van der Waals surface area (Å²) in [6.45, 7) is 8.68. The quantitative estimate of drug-likeness (QED) is 0.590. The highest BCUT2D eigenvalue weighted by atomic mass is 16.5. The van der Waals surface area contributed by atoms with Crippen molar-refractivity contribution < 1.29 is 24.2 Å². The fraction of sp³-hybridized carbons (Fsp3) is 0.926. The summed E-state index contributed by atoms with van der Waals surface area (Å²) in [5.74, 6) is 2.92. The number of aliphatic hydroxyl groups is 1. The molecule has 0 spiro atoms. The van der Waals surface area contributed by atoms with E-state index in [-0.39, 0.29) is 35.0 Å². The third-order valence-electron chi connectivity index (χ3n) is 10.7. The number of hydrogen-bond acceptors (Lipinski definition) is 5. The smallest absolute Gasteiger partial charge is 0.305 e. The maximum atomic E-state index is 11.7. The average molecular weight is 449 g/mol. The van der Waals surface area contributed by atoms with Crippen LogP contribution < -0.4 is 0 Å². The van der Waals surface area contributed by atoms with E-state index in [1.54, 1.807) is 0 Å². The first-order chi connectivity index (χ1) is 15.1. The van der Waals surface area contributed by atoms with Crippen molar-refractivity contribution in [2.24, 2.45) is 46.3 Å². The zero-order valence-electron chi connectivity index (χ0n) is 20.8. The Morgan fingerprint density at radius 2 is 1.84 bits per heavy atom. The van der Waals surface area contributed by atoms with Crippen molar-refractivity contribution in [1.29, 1.82) is 0 Å². The molecule has 0 radical (unpaired) electrons. The summed E-state index contributed by atoms with van der Waals surface area (Å²) in [6.07, 6.45) is 9.86. The topological polar surface area (TPSA) is 72.8 Å². The first-order valence-corrected chi connectivity index (χ1v) is 13.0. The van der Waals surface area contributed by atoms with Crippen molar-refractivity contribution in [3.8, 4) is 0 Å². The van der Waals surface area contributed by atoms with Gasteiger partial charge in [-0.05, 0) is 104 Å². The molecule has 4 aliphatic carbocycles. The number of ether oxygens (including phenoxy) is 2. The Kier molecular flexibility index (Phi) is 6.70. The van der Waals surface area contributed by atoms with E-state index in [1.165, 1.54) is 39.7 Å². The first kappa shape index (κ1) is 24.0. The zero-order valence-corrected chi connectivity index (χ0v) is 20.8. The van der Waals surface area contributed by atoms with Gasteiger partial charge in [-0.25, -0.2) is 0 Å². The van der Waals surface area contributed by atoms with Gasteiger partial charge in [-0.15, -0.1) is 0 Å². The highest BCUT2D eigenvalue weighted by Crippen LogP contribution is 2.68. The lowest BCUT2D eigenvalue weighted by atomic mass is 9.43. The Bertz CT molecular complexity index is 721. The fourth-order valence-electron chi connectivity index (χ4n) is 9.31. The van der Waals surface area contributed by atoms with E-state index < -0.39 is 0 Å². The largest absolute Gasteiger partial charge is 0.469 e. The third-order valence-corrected chi connectivity index (χ3v) is 10.7. The molecule has 0 unspecified atom stereocenters. The Morgan fingerprint density at radius 3 is 2.53 bits per heavy atom. The van der Waals surface area contributed by atoms with Gasteiger partial charge in [-0.3, -0.25) is 9.59 Å². The van der Waals surface area contributed by atoms with Gasteiger partial charge in [0.25, 0.3) is 0 Å². The molecule has 0 aromatic carbocycles. The van der Waals surface area contributed by atoms with Gasteiger partial charge in [0.1, 0.15) is 6.10 Å². The van der Waals surface area contributed by atoms with Gasteiger partial charge in [-0.1, -0.05) is 20.8 Å². The van der Waals surface area contributed by atoms with Gasteiger partial charge in [0, 0.05) is 13.3 Å². The minimum absolute atomic E-state index is 0.0552. The summed E-state index contributed by atoms with van der Waals surface area (Å²) >= 11 is 0. The predicted octanol–water partition coefficient (Wildman–Crippen LogP) is 5.14. The molecule has 4 rings (SSSR count). The number of esters is 2. The maximum absolute atomic E-state index is 11.7. The summed E-state index contributed by atoms with van der Waals surface area (Å²) in [5.41, 5.74) is 0.309. The summed E-state index contributed by atoms with van der Waals surface area (Å²) in [5, 5.41) is 11.6. The number of methoxy groups -OCH3 is 1. The van der Waals surface area contributed by atoms with E-state index in [2.05, 4.69) is 20.8 Å². The van der Waals surface area contributed by atoms with Crippen LogP contribution in [0, 0.1) is 46.3 Å². The Balaban J connectivity index is 1.50. The lowest BCUT2D eigenvalue weighted by molar-refractivity contribution is -0.186. The highest BCUT2D eigenvalue weighted by molar-refractivity contribution is 5.69. The first-order valence-electron chi connectivity index (χ1n) is 13.0. The van der Waals surface area contributed by atoms with Crippen molar-refractivity contribution in [3.05, 3.63) is 0 Å². The molecule has 5 nitrogen and oxygen atoms in total. The predicted molar refractivity (Wildman–Crippen MR) is 123 cm³/mol. The summed E-state index contributed by atoms with van der Waals surface area (Å²) in [7, 11) is 1.47. The maximum Gasteiger partial charge on any atom is 0.305 e. The molecule has 32 heavy (non-hydrogen) atoms. The van der Waals surface area contributed by atoms with Gasteiger partial charge in [-0.2, -0.15) is 0 Å². The minimum atomic E-state index is -0.257. The fourth-order valence-corrected chi connectivity index (χ4v) is 9.31. The van der Waals surface area contributed by atoms with Crippen LogP contribution in [0.25, 0.3) is 0 Å². The monoisotopic (exact) mass is 448 g/mol. The summed E-state index contributed by atoms with van der Waals surface area (Å²) in [6, 6.07) is 0. The van der Waals surface area contributed by atoms with Crippen molar-refractivity contribution in [1.82, 2.24) is 0 Å². The molecule has 0 heterocycles. The van der Waals surface area contributed by atoms with E-state index in [4.69, 9.17) is 9.47 Å². The number of carbonyl (C=O) groups is 2. The molecule has 0 bridgehead atoms. The second-order valence-corrected chi connectivity index (χ2v) is 12.1. The minimum Gasteiger partial charge on any atom is -0.469 e. The molecule has 4 fully saturated rings. The van der Waals surface area contributed by atoms with Gasteiger partial charge in [0.15, 0.2) is 0 Å². The SMILES string of the molecule is COC(=O)CC[C@H](C)[C@H]1CC[C@H]2[C@@H]3CC[C@H]4C[C@H](OC(C)=O)CC[C@]4(C)[C@H]3[C@@H](O)C[C@]12C. The van der Waals surface area contributed by atoms with Crippen LogP contribution in [0.1, 0.15) is 91.9 Å². The number of hydrogen-bond donors (Lipinski definition) is 1. The molecule has 0 aromatic rings. The van der Waals surface area contributed by atoms with Gasteiger partial charge < -0.3 is 14.6 Å². The number of aliphatic hydroxyl groups excluding tert-OH is 1. The zero-order chi connectivity index (χ0) is 23.3. The normalized spacial score (nSPS) is 46.4. The molecule has 4 aliphatic rings. The number of rotatable bonds is 5. The second kappa shape index (κ2) is 8.92. The van der Waals surface area contributed by atoms with E-state index in [1.807, 2.05) is 0 Å². The van der Waals surface area contributed by atoms with Gasteiger partial charge in [0.05, 0.1) is 13.2 Å². The van der Waals surface area contributed by atoms with Crippen LogP contribution in [0.4, 0.5) is 0 Å². The van der Waals surface area contributed by atoms with Crippen LogP contribution in [-0.2, 0) is 19.1 Å². The molecule has 5 heteroatoms. The molecule has 4 saturated carbocycles. The molecule has 10 atom stereocenters. The highest BCUT2D eigenvalue weighted by Gasteiger charge is 2.63. The third kappa shape index (κ3) is 4.01. The number of carbonyl (C=O) groups excluding carboxylic acids is 2. The van der Waals surface area contributed by atoms with Crippen molar-refractivity contribution in [2.45, 2.75) is 104 Å². The number of fused-ring (bicyclic) bond motifs is 5. The van der Waals surface area contributed by atoms with Crippen LogP contribution in [-0.4, -0.2) is 36.4 Å². The Labute approximate surface area is 194 Å². The van der Waals surface area contributed by atoms with Crippen LogP contribution in [0.2, 0.25) is 0 Å².